The number of rotatable bonds is 8. The molecule has 1 fully saturated rings. The Balaban J connectivity index is 1.17. The van der Waals surface area contributed by atoms with Crippen LogP contribution in [0.1, 0.15) is 34.8 Å². The second kappa shape index (κ2) is 10.7. The quantitative estimate of drug-likeness (QED) is 0.186. The van der Waals surface area contributed by atoms with Crippen LogP contribution in [-0.4, -0.2) is 41.0 Å². The summed E-state index contributed by atoms with van der Waals surface area (Å²) in [7, 11) is 1.61. The lowest BCUT2D eigenvalue weighted by Gasteiger charge is -2.36. The van der Waals surface area contributed by atoms with Crippen molar-refractivity contribution < 1.29 is 18.9 Å². The van der Waals surface area contributed by atoms with E-state index >= 15 is 0 Å². The number of ether oxygens (including phenoxy) is 1. The van der Waals surface area contributed by atoms with Crippen molar-refractivity contribution in [1.29, 1.82) is 0 Å². The van der Waals surface area contributed by atoms with Gasteiger partial charge in [-0.05, 0) is 60.0 Å². The standard InChI is InChI=1S/C36H35N4O3/c1-36-20-21-39(35(36)40(22-26-10-4-3-5-11-26)30-13-7-6-12-29(30)36)34(42)24-38-25-37(31-14-8-9-15-32(31)38)23-33(41)27-16-18-28(43-2)19-17-27/h3-19,25,35H,20-24H2,1-2H3/q+1. The molecule has 7 heteroatoms. The molecule has 3 heterocycles. The summed E-state index contributed by atoms with van der Waals surface area (Å²) in [5, 5.41) is 0. The molecule has 2 unspecified atom stereocenters. The van der Waals surface area contributed by atoms with E-state index in [9.17, 15) is 9.59 Å². The van der Waals surface area contributed by atoms with Crippen LogP contribution in [-0.2, 0) is 29.8 Å². The number of amides is 1. The molecular weight excluding hydrogens is 536 g/mol. The van der Waals surface area contributed by atoms with Gasteiger partial charge in [0.2, 0.25) is 12.1 Å². The first kappa shape index (κ1) is 27.0. The summed E-state index contributed by atoms with van der Waals surface area (Å²) in [5.74, 6) is 0.788. The van der Waals surface area contributed by atoms with Crippen LogP contribution >= 0.6 is 0 Å². The van der Waals surface area contributed by atoms with E-state index in [1.807, 2.05) is 45.8 Å². The molecule has 7 nitrogen and oxygen atoms in total. The number of likely N-dealkylation sites (tertiary alicyclic amines) is 1. The van der Waals surface area contributed by atoms with Gasteiger partial charge in [-0.15, -0.1) is 0 Å². The molecule has 1 aromatic heterocycles. The maximum Gasteiger partial charge on any atom is 0.266 e. The lowest BCUT2D eigenvalue weighted by molar-refractivity contribution is -0.657. The highest BCUT2D eigenvalue weighted by molar-refractivity contribution is 5.95. The van der Waals surface area contributed by atoms with Gasteiger partial charge in [-0.2, -0.15) is 0 Å². The van der Waals surface area contributed by atoms with Crippen LogP contribution in [0.25, 0.3) is 11.0 Å². The monoisotopic (exact) mass is 571 g/mol. The molecule has 2 atom stereocenters. The fraction of sp³-hybridized carbons (Fsp3) is 0.250. The van der Waals surface area contributed by atoms with Gasteiger partial charge < -0.3 is 14.5 Å². The van der Waals surface area contributed by atoms with Crippen LogP contribution in [0.15, 0.2) is 109 Å². The number of hydrogen-bond acceptors (Lipinski definition) is 4. The SMILES string of the molecule is COc1ccc(C(=O)C[n+]2cn(CC(=O)N3CCC4(C)c5ccccc5N(Cc5ccccc5)C34)c3ccccc32)cc1. The zero-order valence-corrected chi connectivity index (χ0v) is 24.5. The molecule has 5 aromatic rings. The molecule has 0 radical (unpaired) electrons. The summed E-state index contributed by atoms with van der Waals surface area (Å²) in [5.41, 5.74) is 6.06. The minimum Gasteiger partial charge on any atom is -0.497 e. The van der Waals surface area contributed by atoms with Crippen molar-refractivity contribution in [3.63, 3.8) is 0 Å². The Morgan fingerprint density at radius 1 is 0.907 bits per heavy atom. The first-order valence-electron chi connectivity index (χ1n) is 14.8. The number of carbonyl (C=O) groups is 2. The predicted octanol–water partition coefficient (Wildman–Crippen LogP) is 5.36. The number of hydrogen-bond donors (Lipinski definition) is 0. The van der Waals surface area contributed by atoms with E-state index in [0.717, 1.165) is 24.0 Å². The van der Waals surface area contributed by atoms with Crippen LogP contribution < -0.4 is 14.2 Å². The van der Waals surface area contributed by atoms with E-state index < -0.39 is 0 Å². The Hall–Kier alpha value is -4.91. The van der Waals surface area contributed by atoms with E-state index in [0.29, 0.717) is 17.9 Å². The van der Waals surface area contributed by atoms with Gasteiger partial charge in [0, 0.05) is 29.8 Å². The molecule has 0 bridgehead atoms. The average Bonchev–Trinajstić information content (AvgIpc) is 3.65. The number of aromatic nitrogens is 2. The van der Waals surface area contributed by atoms with Crippen molar-refractivity contribution in [1.82, 2.24) is 9.47 Å². The highest BCUT2D eigenvalue weighted by atomic mass is 16.5. The van der Waals surface area contributed by atoms with Gasteiger partial charge in [-0.1, -0.05) is 67.6 Å². The maximum atomic E-state index is 14.2. The molecule has 43 heavy (non-hydrogen) atoms. The Kier molecular flexibility index (Phi) is 6.73. The van der Waals surface area contributed by atoms with Gasteiger partial charge in [0.05, 0.1) is 7.11 Å². The number of benzene rings is 4. The van der Waals surface area contributed by atoms with Crippen molar-refractivity contribution in [3.8, 4) is 5.75 Å². The fourth-order valence-corrected chi connectivity index (χ4v) is 7.04. The molecule has 2 aliphatic heterocycles. The molecule has 1 amide bonds. The molecule has 7 rings (SSSR count). The van der Waals surface area contributed by atoms with Gasteiger partial charge in [0.1, 0.15) is 11.9 Å². The van der Waals surface area contributed by atoms with Crippen molar-refractivity contribution in [2.75, 3.05) is 18.6 Å². The van der Waals surface area contributed by atoms with Gasteiger partial charge in [0.25, 0.3) is 5.91 Å². The number of nitrogens with zero attached hydrogens (tertiary/aromatic N) is 4. The lowest BCUT2D eigenvalue weighted by Crippen LogP contribution is -2.51. The summed E-state index contributed by atoms with van der Waals surface area (Å²) in [6.45, 7) is 4.13. The summed E-state index contributed by atoms with van der Waals surface area (Å²) in [4.78, 5) is 31.9. The fourth-order valence-electron chi connectivity index (χ4n) is 7.04. The van der Waals surface area contributed by atoms with E-state index in [4.69, 9.17) is 4.74 Å². The zero-order valence-electron chi connectivity index (χ0n) is 24.5. The Morgan fingerprint density at radius 2 is 1.63 bits per heavy atom. The molecule has 4 aromatic carbocycles. The second-order valence-electron chi connectivity index (χ2n) is 11.8. The molecular formula is C36H35N4O3+. The maximum absolute atomic E-state index is 14.2. The van der Waals surface area contributed by atoms with Crippen LogP contribution in [0.3, 0.4) is 0 Å². The number of Topliss-reactive ketones (excluding diaryl/α,β-unsaturated/α-hetero) is 1. The molecule has 216 valence electrons. The first-order chi connectivity index (χ1) is 21.0. The Bertz CT molecular complexity index is 1810. The number of methoxy groups -OCH3 is 1. The summed E-state index contributed by atoms with van der Waals surface area (Å²) >= 11 is 0. The van der Waals surface area contributed by atoms with E-state index in [2.05, 4.69) is 65.3 Å². The molecule has 0 saturated carbocycles. The van der Waals surface area contributed by atoms with Crippen LogP contribution in [0, 0.1) is 0 Å². The zero-order chi connectivity index (χ0) is 29.6. The largest absolute Gasteiger partial charge is 0.497 e. The number of fused-ring (bicyclic) bond motifs is 4. The van der Waals surface area contributed by atoms with Gasteiger partial charge in [-0.3, -0.25) is 9.59 Å². The second-order valence-corrected chi connectivity index (χ2v) is 11.8. The topological polar surface area (TPSA) is 58.7 Å². The minimum atomic E-state index is -0.148. The van der Waals surface area contributed by atoms with Crippen molar-refractivity contribution >= 4 is 28.4 Å². The first-order valence-corrected chi connectivity index (χ1v) is 14.8. The third-order valence-corrected chi connectivity index (χ3v) is 9.19. The molecule has 2 aliphatic rings. The van der Waals surface area contributed by atoms with E-state index in [-0.39, 0.29) is 36.4 Å². The number of para-hydroxylation sites is 3. The van der Waals surface area contributed by atoms with E-state index in [1.165, 1.54) is 16.8 Å². The van der Waals surface area contributed by atoms with Crippen LogP contribution in [0.5, 0.6) is 5.75 Å². The van der Waals surface area contributed by atoms with Gasteiger partial charge >= 0.3 is 0 Å². The van der Waals surface area contributed by atoms with Crippen LogP contribution in [0.4, 0.5) is 5.69 Å². The lowest BCUT2D eigenvalue weighted by atomic mass is 9.81. The van der Waals surface area contributed by atoms with Crippen molar-refractivity contribution in [2.45, 2.75) is 44.6 Å². The Labute approximate surface area is 251 Å². The number of anilines is 1. The summed E-state index contributed by atoms with van der Waals surface area (Å²) < 4.78 is 9.16. The molecule has 0 spiro atoms. The summed E-state index contributed by atoms with van der Waals surface area (Å²) in [6.07, 6.45) is 2.75. The number of ketones is 1. The van der Waals surface area contributed by atoms with Crippen LogP contribution in [0.2, 0.25) is 0 Å². The highest BCUT2D eigenvalue weighted by Crippen LogP contribution is 2.52. The molecule has 0 aliphatic carbocycles. The smallest absolute Gasteiger partial charge is 0.266 e. The van der Waals surface area contributed by atoms with Crippen molar-refractivity contribution in [3.05, 3.63) is 126 Å². The average molecular weight is 572 g/mol. The predicted molar refractivity (Wildman–Crippen MR) is 166 cm³/mol. The number of imidazole rings is 1. The normalized spacial score (nSPS) is 19.0. The third kappa shape index (κ3) is 4.65. The van der Waals surface area contributed by atoms with E-state index in [1.54, 1.807) is 31.4 Å². The molecule has 0 N–H and O–H groups in total. The minimum absolute atomic E-state index is 0.00235. The van der Waals surface area contributed by atoms with Gasteiger partial charge in [-0.25, -0.2) is 9.13 Å². The third-order valence-electron chi connectivity index (χ3n) is 9.19. The highest BCUT2D eigenvalue weighted by Gasteiger charge is 2.55. The van der Waals surface area contributed by atoms with Crippen molar-refractivity contribution in [2.24, 2.45) is 0 Å². The van der Waals surface area contributed by atoms with Gasteiger partial charge in [0.15, 0.2) is 24.1 Å². The Morgan fingerprint density at radius 3 is 2.42 bits per heavy atom. The number of carbonyl (C=O) groups excluding carboxylic acids is 2. The molecule has 1 saturated heterocycles. The summed E-state index contributed by atoms with van der Waals surface area (Å²) in [6, 6.07) is 34.2.